The first-order valence-electron chi connectivity index (χ1n) is 6.61. The topological polar surface area (TPSA) is 84.5 Å². The van der Waals surface area contributed by atoms with Crippen molar-refractivity contribution in [3.05, 3.63) is 52.0 Å². The van der Waals surface area contributed by atoms with E-state index in [0.29, 0.717) is 21.3 Å². The van der Waals surface area contributed by atoms with Gasteiger partial charge in [-0.25, -0.2) is 8.42 Å². The van der Waals surface area contributed by atoms with Crippen molar-refractivity contribution in [3.8, 4) is 5.75 Å². The number of anilines is 2. The number of ether oxygens (including phenoxy) is 1. The molecule has 0 radical (unpaired) electrons. The minimum Gasteiger partial charge on any atom is -0.494 e. The smallest absolute Gasteiger partial charge is 0.255 e. The Balaban J connectivity index is 2.25. The lowest BCUT2D eigenvalue weighted by Gasteiger charge is -2.12. The van der Waals surface area contributed by atoms with E-state index in [2.05, 4.69) is 10.0 Å². The Morgan fingerprint density at radius 1 is 1.08 bits per heavy atom. The lowest BCUT2D eigenvalue weighted by atomic mass is 10.2. The molecule has 0 aliphatic heterocycles. The lowest BCUT2D eigenvalue weighted by Crippen LogP contribution is -2.13. The van der Waals surface area contributed by atoms with E-state index in [9.17, 15) is 13.2 Å². The summed E-state index contributed by atoms with van der Waals surface area (Å²) in [6.45, 7) is 0. The average molecular weight is 389 g/mol. The number of nitrogens with one attached hydrogen (secondary N) is 2. The molecule has 6 nitrogen and oxygen atoms in total. The molecule has 2 N–H and O–H groups in total. The van der Waals surface area contributed by atoms with Gasteiger partial charge in [0.2, 0.25) is 10.0 Å². The predicted octanol–water partition coefficient (Wildman–Crippen LogP) is 3.63. The van der Waals surface area contributed by atoms with Crippen LogP contribution in [0.3, 0.4) is 0 Å². The van der Waals surface area contributed by atoms with Crippen LogP contribution in [0.2, 0.25) is 10.0 Å². The molecule has 0 aromatic heterocycles. The summed E-state index contributed by atoms with van der Waals surface area (Å²) in [7, 11) is -2.05. The Morgan fingerprint density at radius 2 is 1.71 bits per heavy atom. The summed E-state index contributed by atoms with van der Waals surface area (Å²) in [5, 5.41) is 3.35. The molecule has 9 heteroatoms. The molecule has 0 spiro atoms. The highest BCUT2D eigenvalue weighted by Crippen LogP contribution is 2.29. The summed E-state index contributed by atoms with van der Waals surface area (Å²) in [6, 6.07) is 9.02. The van der Waals surface area contributed by atoms with E-state index in [1.165, 1.54) is 37.4 Å². The maximum absolute atomic E-state index is 12.3. The van der Waals surface area contributed by atoms with Gasteiger partial charge in [0.15, 0.2) is 0 Å². The van der Waals surface area contributed by atoms with Gasteiger partial charge in [-0.1, -0.05) is 23.2 Å². The Hall–Kier alpha value is -1.96. The molecule has 0 saturated carbocycles. The predicted molar refractivity (Wildman–Crippen MR) is 95.9 cm³/mol. The molecule has 0 bridgehead atoms. The van der Waals surface area contributed by atoms with Crippen LogP contribution in [0.1, 0.15) is 10.4 Å². The zero-order chi connectivity index (χ0) is 17.9. The zero-order valence-corrected chi connectivity index (χ0v) is 15.1. The maximum atomic E-state index is 12.3. The highest BCUT2D eigenvalue weighted by atomic mass is 35.5. The zero-order valence-electron chi connectivity index (χ0n) is 12.8. The first kappa shape index (κ1) is 18.4. The Bertz CT molecular complexity index is 865. The summed E-state index contributed by atoms with van der Waals surface area (Å²) in [4.78, 5) is 12.3. The monoisotopic (exact) mass is 388 g/mol. The molecule has 2 aromatic carbocycles. The molecule has 0 unspecified atom stereocenters. The molecule has 0 aliphatic carbocycles. The van der Waals surface area contributed by atoms with E-state index in [4.69, 9.17) is 27.9 Å². The van der Waals surface area contributed by atoms with Crippen LogP contribution in [0.15, 0.2) is 36.4 Å². The molecule has 0 atom stereocenters. The van der Waals surface area contributed by atoms with Gasteiger partial charge >= 0.3 is 0 Å². The number of amides is 1. The lowest BCUT2D eigenvalue weighted by molar-refractivity contribution is 0.102. The van der Waals surface area contributed by atoms with Crippen LogP contribution >= 0.6 is 23.2 Å². The quantitative estimate of drug-likeness (QED) is 0.818. The van der Waals surface area contributed by atoms with Crippen molar-refractivity contribution in [2.45, 2.75) is 0 Å². The standard InChI is InChI=1S/C15H14Cl2N2O4S/c1-23-14-8-12(3-4-13(14)19-24(2,21)22)18-15(20)9-5-10(16)7-11(17)6-9/h3-8,19H,1-2H3,(H,18,20). The van der Waals surface area contributed by atoms with Crippen molar-refractivity contribution < 1.29 is 17.9 Å². The first-order valence-corrected chi connectivity index (χ1v) is 9.26. The molecule has 0 saturated heterocycles. The molecule has 128 valence electrons. The Morgan fingerprint density at radius 3 is 2.25 bits per heavy atom. The second kappa shape index (κ2) is 7.29. The molecule has 24 heavy (non-hydrogen) atoms. The van der Waals surface area contributed by atoms with E-state index in [1.807, 2.05) is 0 Å². The third kappa shape index (κ3) is 5.02. The van der Waals surface area contributed by atoms with Crippen LogP contribution in [0.4, 0.5) is 11.4 Å². The molecule has 2 aromatic rings. The van der Waals surface area contributed by atoms with E-state index < -0.39 is 15.9 Å². The van der Waals surface area contributed by atoms with Gasteiger partial charge in [0.25, 0.3) is 5.91 Å². The van der Waals surface area contributed by atoms with Crippen molar-refractivity contribution >= 4 is 50.5 Å². The highest BCUT2D eigenvalue weighted by molar-refractivity contribution is 7.92. The van der Waals surface area contributed by atoms with Gasteiger partial charge in [0.05, 0.1) is 19.1 Å². The van der Waals surface area contributed by atoms with Gasteiger partial charge in [-0.2, -0.15) is 0 Å². The summed E-state index contributed by atoms with van der Waals surface area (Å²) < 4.78 is 30.1. The number of benzene rings is 2. The van der Waals surface area contributed by atoms with Crippen LogP contribution in [0.5, 0.6) is 5.75 Å². The third-order valence-electron chi connectivity index (χ3n) is 2.88. The van der Waals surface area contributed by atoms with Crippen molar-refractivity contribution in [1.82, 2.24) is 0 Å². The number of halogens is 2. The number of methoxy groups -OCH3 is 1. The second-order valence-corrected chi connectivity index (χ2v) is 7.52. The Labute approximate surface area is 149 Å². The highest BCUT2D eigenvalue weighted by Gasteiger charge is 2.12. The first-order chi connectivity index (χ1) is 11.2. The fourth-order valence-electron chi connectivity index (χ4n) is 1.94. The fourth-order valence-corrected chi connectivity index (χ4v) is 3.04. The van der Waals surface area contributed by atoms with Gasteiger partial charge < -0.3 is 10.1 Å². The Kier molecular flexibility index (Phi) is 5.58. The third-order valence-corrected chi connectivity index (χ3v) is 3.91. The van der Waals surface area contributed by atoms with Crippen LogP contribution in [-0.4, -0.2) is 27.7 Å². The SMILES string of the molecule is COc1cc(NC(=O)c2cc(Cl)cc(Cl)c2)ccc1NS(C)(=O)=O. The molecule has 0 fully saturated rings. The van der Waals surface area contributed by atoms with Crippen LogP contribution in [-0.2, 0) is 10.0 Å². The van der Waals surface area contributed by atoms with Gasteiger partial charge in [-0.05, 0) is 30.3 Å². The number of hydrogen-bond acceptors (Lipinski definition) is 4. The molecule has 2 rings (SSSR count). The van der Waals surface area contributed by atoms with Gasteiger partial charge in [0, 0.05) is 27.4 Å². The van der Waals surface area contributed by atoms with Gasteiger partial charge in [-0.15, -0.1) is 0 Å². The number of hydrogen-bond donors (Lipinski definition) is 2. The van der Waals surface area contributed by atoms with Crippen molar-refractivity contribution in [3.63, 3.8) is 0 Å². The molecule has 1 amide bonds. The summed E-state index contributed by atoms with van der Waals surface area (Å²) in [5.74, 6) is -0.146. The van der Waals surface area contributed by atoms with Gasteiger partial charge in [0.1, 0.15) is 5.75 Å². The number of carbonyl (C=O) groups is 1. The van der Waals surface area contributed by atoms with Crippen molar-refractivity contribution in [2.75, 3.05) is 23.4 Å². The van der Waals surface area contributed by atoms with E-state index in [1.54, 1.807) is 6.07 Å². The van der Waals surface area contributed by atoms with Gasteiger partial charge in [-0.3, -0.25) is 9.52 Å². The number of sulfonamides is 1. The van der Waals surface area contributed by atoms with E-state index in [-0.39, 0.29) is 11.4 Å². The maximum Gasteiger partial charge on any atom is 0.255 e. The summed E-state index contributed by atoms with van der Waals surface area (Å²) in [6.07, 6.45) is 1.03. The molecular weight excluding hydrogens is 375 g/mol. The number of carbonyl (C=O) groups excluding carboxylic acids is 1. The van der Waals surface area contributed by atoms with E-state index in [0.717, 1.165) is 6.26 Å². The van der Waals surface area contributed by atoms with Crippen LogP contribution < -0.4 is 14.8 Å². The number of rotatable bonds is 5. The summed E-state index contributed by atoms with van der Waals surface area (Å²) in [5.41, 5.74) is 0.987. The fraction of sp³-hybridized carbons (Fsp3) is 0.133. The summed E-state index contributed by atoms with van der Waals surface area (Å²) >= 11 is 11.8. The molecular formula is C15H14Cl2N2O4S. The minimum absolute atomic E-state index is 0.266. The largest absolute Gasteiger partial charge is 0.494 e. The van der Waals surface area contributed by atoms with Crippen LogP contribution in [0.25, 0.3) is 0 Å². The van der Waals surface area contributed by atoms with Crippen molar-refractivity contribution in [2.24, 2.45) is 0 Å². The second-order valence-electron chi connectivity index (χ2n) is 4.90. The molecule has 0 heterocycles. The van der Waals surface area contributed by atoms with Crippen molar-refractivity contribution in [1.29, 1.82) is 0 Å². The van der Waals surface area contributed by atoms with E-state index >= 15 is 0 Å². The average Bonchev–Trinajstić information content (AvgIpc) is 2.46. The van der Waals surface area contributed by atoms with Crippen LogP contribution in [0, 0.1) is 0 Å². The normalized spacial score (nSPS) is 11.0. The molecule has 0 aliphatic rings. The minimum atomic E-state index is -3.44.